The zero-order valence-electron chi connectivity index (χ0n) is 10.3. The maximum absolute atomic E-state index is 13.6. The molecular formula is C12H14F5NO. The van der Waals surface area contributed by atoms with Crippen LogP contribution in [-0.4, -0.2) is 24.8 Å². The first-order valence-corrected chi connectivity index (χ1v) is 5.82. The molecule has 0 aliphatic carbocycles. The predicted octanol–water partition coefficient (Wildman–Crippen LogP) is 2.98. The van der Waals surface area contributed by atoms with Gasteiger partial charge in [-0.05, 0) is 6.42 Å². The lowest BCUT2D eigenvalue weighted by molar-refractivity contribution is 0.299. The van der Waals surface area contributed by atoms with E-state index >= 15 is 0 Å². The van der Waals surface area contributed by atoms with Crippen molar-refractivity contribution in [3.63, 3.8) is 0 Å². The van der Waals surface area contributed by atoms with Gasteiger partial charge in [-0.1, -0.05) is 13.3 Å². The molecule has 0 aliphatic heterocycles. The van der Waals surface area contributed by atoms with Gasteiger partial charge < -0.3 is 10.0 Å². The summed E-state index contributed by atoms with van der Waals surface area (Å²) in [4.78, 5) is 0.958. The van der Waals surface area contributed by atoms with E-state index in [1.165, 1.54) is 0 Å². The van der Waals surface area contributed by atoms with Gasteiger partial charge in [0.2, 0.25) is 5.82 Å². The third-order valence-corrected chi connectivity index (χ3v) is 2.65. The van der Waals surface area contributed by atoms with Gasteiger partial charge in [-0.2, -0.15) is 0 Å². The highest BCUT2D eigenvalue weighted by Crippen LogP contribution is 2.30. The summed E-state index contributed by atoms with van der Waals surface area (Å²) >= 11 is 0. The molecule has 0 amide bonds. The van der Waals surface area contributed by atoms with Crippen molar-refractivity contribution in [3.05, 3.63) is 29.1 Å². The number of hydrogen-bond acceptors (Lipinski definition) is 2. The number of nitrogens with zero attached hydrogens (tertiary/aromatic N) is 1. The van der Waals surface area contributed by atoms with Crippen molar-refractivity contribution in [3.8, 4) is 0 Å². The molecule has 0 saturated heterocycles. The van der Waals surface area contributed by atoms with Crippen LogP contribution < -0.4 is 4.90 Å². The molecule has 7 heteroatoms. The highest BCUT2D eigenvalue weighted by atomic mass is 19.2. The lowest BCUT2D eigenvalue weighted by Gasteiger charge is -2.25. The molecular weight excluding hydrogens is 269 g/mol. The Morgan fingerprint density at radius 2 is 1.32 bits per heavy atom. The molecule has 1 rings (SSSR count). The van der Waals surface area contributed by atoms with Gasteiger partial charge >= 0.3 is 0 Å². The Bertz CT molecular complexity index is 423. The standard InChI is InChI=1S/C12H14F5NO/c1-2-3-4-18(5-6-19)12-10(16)8(14)7(13)9(15)11(12)17/h19H,2-6H2,1H3. The fourth-order valence-corrected chi connectivity index (χ4v) is 1.68. The van der Waals surface area contributed by atoms with Gasteiger partial charge in [0.05, 0.1) is 6.61 Å². The molecule has 0 radical (unpaired) electrons. The highest BCUT2D eigenvalue weighted by molar-refractivity contribution is 5.50. The Balaban J connectivity index is 3.29. The van der Waals surface area contributed by atoms with Crippen LogP contribution in [0, 0.1) is 29.1 Å². The monoisotopic (exact) mass is 283 g/mol. The number of anilines is 1. The van der Waals surface area contributed by atoms with Crippen LogP contribution in [0.4, 0.5) is 27.6 Å². The molecule has 0 aromatic heterocycles. The largest absolute Gasteiger partial charge is 0.395 e. The van der Waals surface area contributed by atoms with Crippen molar-refractivity contribution in [1.82, 2.24) is 0 Å². The zero-order valence-corrected chi connectivity index (χ0v) is 10.3. The lowest BCUT2D eigenvalue weighted by atomic mass is 10.2. The molecule has 19 heavy (non-hydrogen) atoms. The number of rotatable bonds is 6. The van der Waals surface area contributed by atoms with Gasteiger partial charge in [0, 0.05) is 13.1 Å². The summed E-state index contributed by atoms with van der Waals surface area (Å²) in [6.07, 6.45) is 1.18. The van der Waals surface area contributed by atoms with Crippen molar-refractivity contribution in [2.75, 3.05) is 24.6 Å². The van der Waals surface area contributed by atoms with Crippen LogP contribution in [-0.2, 0) is 0 Å². The summed E-state index contributed by atoms with van der Waals surface area (Å²) in [5.41, 5.74) is -0.987. The van der Waals surface area contributed by atoms with Crippen molar-refractivity contribution < 1.29 is 27.1 Å². The van der Waals surface area contributed by atoms with Crippen molar-refractivity contribution in [2.45, 2.75) is 19.8 Å². The van der Waals surface area contributed by atoms with Crippen LogP contribution >= 0.6 is 0 Å². The number of halogens is 5. The van der Waals surface area contributed by atoms with Gasteiger partial charge in [0.25, 0.3) is 0 Å². The Kier molecular flexibility index (Phi) is 5.53. The summed E-state index contributed by atoms with van der Waals surface area (Å²) in [6, 6.07) is 0. The van der Waals surface area contributed by atoms with Gasteiger partial charge in [0.1, 0.15) is 5.69 Å². The molecule has 0 spiro atoms. The summed E-state index contributed by atoms with van der Waals surface area (Å²) in [5, 5.41) is 8.82. The fourth-order valence-electron chi connectivity index (χ4n) is 1.68. The number of aliphatic hydroxyl groups excluding tert-OH is 1. The Hall–Kier alpha value is -1.37. The molecule has 108 valence electrons. The predicted molar refractivity (Wildman–Crippen MR) is 60.4 cm³/mol. The summed E-state index contributed by atoms with van der Waals surface area (Å²) < 4.78 is 66.2. The second-order valence-electron chi connectivity index (χ2n) is 3.98. The maximum Gasteiger partial charge on any atom is 0.200 e. The first-order chi connectivity index (χ1) is 8.95. The SMILES string of the molecule is CCCCN(CCO)c1c(F)c(F)c(F)c(F)c1F. The fraction of sp³-hybridized carbons (Fsp3) is 0.500. The third-order valence-electron chi connectivity index (χ3n) is 2.65. The minimum atomic E-state index is -2.18. The van der Waals surface area contributed by atoms with Gasteiger partial charge in [0.15, 0.2) is 23.3 Å². The Morgan fingerprint density at radius 3 is 1.74 bits per heavy atom. The maximum atomic E-state index is 13.6. The van der Waals surface area contributed by atoms with Crippen LogP contribution in [0.5, 0.6) is 0 Å². The van der Waals surface area contributed by atoms with Gasteiger partial charge in [-0.25, -0.2) is 22.0 Å². The van der Waals surface area contributed by atoms with Crippen LogP contribution in [0.25, 0.3) is 0 Å². The second-order valence-corrected chi connectivity index (χ2v) is 3.98. The van der Waals surface area contributed by atoms with Crippen molar-refractivity contribution in [2.24, 2.45) is 0 Å². The van der Waals surface area contributed by atoms with E-state index in [0.717, 1.165) is 4.90 Å². The van der Waals surface area contributed by atoms with E-state index in [2.05, 4.69) is 0 Å². The normalized spacial score (nSPS) is 10.9. The molecule has 0 heterocycles. The van der Waals surface area contributed by atoms with E-state index in [0.29, 0.717) is 12.8 Å². The average molecular weight is 283 g/mol. The van der Waals surface area contributed by atoms with E-state index in [1.54, 1.807) is 0 Å². The second kappa shape index (κ2) is 6.70. The molecule has 2 nitrogen and oxygen atoms in total. The molecule has 1 aromatic rings. The third kappa shape index (κ3) is 3.15. The van der Waals surface area contributed by atoms with Crippen LogP contribution in [0.3, 0.4) is 0 Å². The zero-order chi connectivity index (χ0) is 14.6. The smallest absolute Gasteiger partial charge is 0.200 e. The number of unbranched alkanes of at least 4 members (excludes halogenated alkanes) is 1. The number of hydrogen-bond donors (Lipinski definition) is 1. The number of benzene rings is 1. The molecule has 1 aromatic carbocycles. The molecule has 1 N–H and O–H groups in total. The van der Waals surface area contributed by atoms with E-state index < -0.39 is 41.4 Å². The van der Waals surface area contributed by atoms with Gasteiger partial charge in [-0.3, -0.25) is 0 Å². The summed E-state index contributed by atoms with van der Waals surface area (Å²) in [5.74, 6) is -9.89. The molecule has 0 fully saturated rings. The number of aliphatic hydroxyl groups is 1. The Labute approximate surface area is 107 Å². The van der Waals surface area contributed by atoms with Crippen LogP contribution in [0.2, 0.25) is 0 Å². The highest BCUT2D eigenvalue weighted by Gasteiger charge is 2.28. The molecule has 0 bridgehead atoms. The lowest BCUT2D eigenvalue weighted by Crippen LogP contribution is -2.30. The first-order valence-electron chi connectivity index (χ1n) is 5.82. The molecule has 0 saturated carbocycles. The minimum absolute atomic E-state index is 0.0927. The Morgan fingerprint density at radius 1 is 0.842 bits per heavy atom. The van der Waals surface area contributed by atoms with Crippen molar-refractivity contribution >= 4 is 5.69 Å². The summed E-state index contributed by atoms with van der Waals surface area (Å²) in [7, 11) is 0. The van der Waals surface area contributed by atoms with E-state index in [4.69, 9.17) is 5.11 Å². The minimum Gasteiger partial charge on any atom is -0.395 e. The average Bonchev–Trinajstić information content (AvgIpc) is 2.40. The van der Waals surface area contributed by atoms with Crippen LogP contribution in [0.15, 0.2) is 0 Å². The molecule has 0 unspecified atom stereocenters. The van der Waals surface area contributed by atoms with Gasteiger partial charge in [-0.15, -0.1) is 0 Å². The molecule has 0 aliphatic rings. The topological polar surface area (TPSA) is 23.5 Å². The summed E-state index contributed by atoms with van der Waals surface area (Å²) in [6.45, 7) is 1.24. The van der Waals surface area contributed by atoms with E-state index in [-0.39, 0.29) is 13.1 Å². The van der Waals surface area contributed by atoms with Crippen LogP contribution in [0.1, 0.15) is 19.8 Å². The quantitative estimate of drug-likeness (QED) is 0.493. The van der Waals surface area contributed by atoms with Crippen molar-refractivity contribution in [1.29, 1.82) is 0 Å². The van der Waals surface area contributed by atoms with E-state index in [9.17, 15) is 22.0 Å². The molecule has 0 atom stereocenters. The van der Waals surface area contributed by atoms with E-state index in [1.807, 2.05) is 6.92 Å². The first kappa shape index (κ1) is 15.7.